The quantitative estimate of drug-likeness (QED) is 0.625. The second-order valence-corrected chi connectivity index (χ2v) is 5.46. The molecule has 20 heavy (non-hydrogen) atoms. The van der Waals surface area contributed by atoms with Gasteiger partial charge < -0.3 is 0 Å². The maximum absolute atomic E-state index is 13.7. The molecular formula is C14H13F3N2O. The average Bonchev–Trinajstić information content (AvgIpc) is 2.77. The lowest BCUT2D eigenvalue weighted by atomic mass is 9.90. The average molecular weight is 282 g/mol. The fraction of sp³-hybridized carbons (Fsp3) is 0.286. The van der Waals surface area contributed by atoms with E-state index in [1.54, 1.807) is 0 Å². The summed E-state index contributed by atoms with van der Waals surface area (Å²) >= 11 is 0. The minimum atomic E-state index is -1.27. The van der Waals surface area contributed by atoms with Crippen LogP contribution in [0, 0.1) is 17.5 Å². The van der Waals surface area contributed by atoms with Crippen LogP contribution in [0.3, 0.4) is 0 Å². The first-order valence-electron chi connectivity index (χ1n) is 5.94. The van der Waals surface area contributed by atoms with E-state index in [-0.39, 0.29) is 11.3 Å². The van der Waals surface area contributed by atoms with Gasteiger partial charge in [-0.1, -0.05) is 20.8 Å². The van der Waals surface area contributed by atoms with Crippen molar-refractivity contribution in [2.45, 2.75) is 26.2 Å². The molecule has 0 amide bonds. The fourth-order valence-corrected chi connectivity index (χ4v) is 1.87. The summed E-state index contributed by atoms with van der Waals surface area (Å²) < 4.78 is 40.9. The van der Waals surface area contributed by atoms with Gasteiger partial charge in [-0.3, -0.25) is 4.79 Å². The van der Waals surface area contributed by atoms with Gasteiger partial charge in [0.25, 0.3) is 0 Å². The van der Waals surface area contributed by atoms with Gasteiger partial charge in [-0.25, -0.2) is 17.9 Å². The lowest BCUT2D eigenvalue weighted by Crippen LogP contribution is -2.15. The van der Waals surface area contributed by atoms with Gasteiger partial charge in [0.1, 0.15) is 5.69 Å². The highest BCUT2D eigenvalue weighted by Crippen LogP contribution is 2.25. The van der Waals surface area contributed by atoms with E-state index in [0.717, 1.165) is 4.68 Å². The van der Waals surface area contributed by atoms with E-state index in [1.807, 2.05) is 20.8 Å². The highest BCUT2D eigenvalue weighted by atomic mass is 19.2. The van der Waals surface area contributed by atoms with Crippen LogP contribution in [0.25, 0.3) is 5.69 Å². The van der Waals surface area contributed by atoms with Crippen LogP contribution in [0.4, 0.5) is 13.2 Å². The first-order chi connectivity index (χ1) is 9.24. The van der Waals surface area contributed by atoms with Crippen molar-refractivity contribution in [3.63, 3.8) is 0 Å². The van der Waals surface area contributed by atoms with Crippen LogP contribution in [-0.2, 0) is 5.41 Å². The fourth-order valence-electron chi connectivity index (χ4n) is 1.87. The summed E-state index contributed by atoms with van der Waals surface area (Å²) in [5, 5.41) is 4.11. The maximum Gasteiger partial charge on any atom is 0.161 e. The zero-order chi connectivity index (χ0) is 15.1. The number of nitrogens with zero attached hydrogens (tertiary/aromatic N) is 2. The molecule has 0 atom stereocenters. The minimum absolute atomic E-state index is 0.248. The van der Waals surface area contributed by atoms with Gasteiger partial charge in [-0.15, -0.1) is 0 Å². The number of carbonyl (C=O) groups excluding carboxylic acids is 1. The monoisotopic (exact) mass is 282 g/mol. The Balaban J connectivity index is 2.63. The third-order valence-corrected chi connectivity index (χ3v) is 2.82. The van der Waals surface area contributed by atoms with Crippen molar-refractivity contribution >= 4 is 6.29 Å². The van der Waals surface area contributed by atoms with Gasteiger partial charge in [-0.05, 0) is 0 Å². The molecule has 0 unspecified atom stereocenters. The molecule has 1 heterocycles. The highest BCUT2D eigenvalue weighted by Gasteiger charge is 2.23. The number of rotatable bonds is 2. The molecule has 2 aromatic rings. The SMILES string of the molecule is CC(C)(C)c1nn(-c2cc(F)c(F)cc2F)cc1C=O. The van der Waals surface area contributed by atoms with Crippen molar-refractivity contribution in [3.05, 3.63) is 47.0 Å². The number of carbonyl (C=O) groups is 1. The first-order valence-corrected chi connectivity index (χ1v) is 5.94. The van der Waals surface area contributed by atoms with Gasteiger partial charge in [0, 0.05) is 23.7 Å². The summed E-state index contributed by atoms with van der Waals surface area (Å²) in [4.78, 5) is 11.0. The van der Waals surface area contributed by atoms with Crippen LogP contribution in [0.2, 0.25) is 0 Å². The molecule has 1 aromatic carbocycles. The summed E-state index contributed by atoms with van der Waals surface area (Å²) in [6, 6.07) is 1.16. The second kappa shape index (κ2) is 4.77. The molecule has 0 saturated carbocycles. The lowest BCUT2D eigenvalue weighted by molar-refractivity contribution is 0.112. The molecule has 0 aliphatic carbocycles. The topological polar surface area (TPSA) is 34.9 Å². The van der Waals surface area contributed by atoms with Gasteiger partial charge in [-0.2, -0.15) is 5.10 Å². The Hall–Kier alpha value is -2.11. The van der Waals surface area contributed by atoms with Crippen LogP contribution in [0.1, 0.15) is 36.8 Å². The third kappa shape index (κ3) is 2.45. The molecular weight excluding hydrogens is 269 g/mol. The predicted molar refractivity (Wildman–Crippen MR) is 67.5 cm³/mol. The molecule has 0 aliphatic heterocycles. The Labute approximate surface area is 114 Å². The van der Waals surface area contributed by atoms with Crippen LogP contribution in [-0.4, -0.2) is 16.1 Å². The summed E-state index contributed by atoms with van der Waals surface area (Å²) in [7, 11) is 0. The highest BCUT2D eigenvalue weighted by molar-refractivity contribution is 5.77. The zero-order valence-corrected chi connectivity index (χ0v) is 11.2. The van der Waals surface area contributed by atoms with Crippen LogP contribution in [0.15, 0.2) is 18.3 Å². The molecule has 106 valence electrons. The van der Waals surface area contributed by atoms with Crippen LogP contribution >= 0.6 is 0 Å². The molecule has 2 rings (SSSR count). The third-order valence-electron chi connectivity index (χ3n) is 2.82. The number of aldehydes is 1. The van der Waals surface area contributed by atoms with Crippen molar-refractivity contribution < 1.29 is 18.0 Å². The molecule has 6 heteroatoms. The standard InChI is InChI=1S/C14H13F3N2O/c1-14(2,3)13-8(7-20)6-19(18-13)12-5-10(16)9(15)4-11(12)17/h4-7H,1-3H3. The summed E-state index contributed by atoms with van der Waals surface area (Å²) in [6.45, 7) is 5.52. The number of halogens is 3. The van der Waals surface area contributed by atoms with Crippen molar-refractivity contribution in [1.82, 2.24) is 9.78 Å². The van der Waals surface area contributed by atoms with Crippen molar-refractivity contribution in [3.8, 4) is 5.69 Å². The number of benzene rings is 1. The van der Waals surface area contributed by atoms with Crippen molar-refractivity contribution in [1.29, 1.82) is 0 Å². The first kappa shape index (κ1) is 14.3. The van der Waals surface area contributed by atoms with Crippen LogP contribution in [0.5, 0.6) is 0 Å². The normalized spacial score (nSPS) is 11.7. The predicted octanol–water partition coefficient (Wildman–Crippen LogP) is 3.40. The molecule has 0 radical (unpaired) electrons. The number of hydrogen-bond acceptors (Lipinski definition) is 2. The summed E-state index contributed by atoms with van der Waals surface area (Å²) in [6.07, 6.45) is 1.89. The van der Waals surface area contributed by atoms with E-state index in [0.29, 0.717) is 24.1 Å². The van der Waals surface area contributed by atoms with Crippen molar-refractivity contribution in [2.24, 2.45) is 0 Å². The number of hydrogen-bond donors (Lipinski definition) is 0. The largest absolute Gasteiger partial charge is 0.298 e. The second-order valence-electron chi connectivity index (χ2n) is 5.46. The van der Waals surface area contributed by atoms with E-state index in [9.17, 15) is 18.0 Å². The van der Waals surface area contributed by atoms with E-state index in [1.165, 1.54) is 6.20 Å². The number of aromatic nitrogens is 2. The lowest BCUT2D eigenvalue weighted by Gasteiger charge is -2.15. The minimum Gasteiger partial charge on any atom is -0.298 e. The van der Waals surface area contributed by atoms with Gasteiger partial charge in [0.2, 0.25) is 0 Å². The molecule has 0 spiro atoms. The summed E-state index contributed by atoms with van der Waals surface area (Å²) in [5.41, 5.74) is 0.0528. The Morgan fingerprint density at radius 2 is 1.70 bits per heavy atom. The van der Waals surface area contributed by atoms with E-state index < -0.39 is 22.9 Å². The zero-order valence-electron chi connectivity index (χ0n) is 11.2. The molecule has 0 fully saturated rings. The molecule has 0 saturated heterocycles. The van der Waals surface area contributed by atoms with Gasteiger partial charge >= 0.3 is 0 Å². The Kier molecular flexibility index (Phi) is 3.41. The Morgan fingerprint density at radius 3 is 2.20 bits per heavy atom. The van der Waals surface area contributed by atoms with E-state index >= 15 is 0 Å². The van der Waals surface area contributed by atoms with Gasteiger partial charge in [0.15, 0.2) is 23.7 Å². The Morgan fingerprint density at radius 1 is 1.10 bits per heavy atom. The summed E-state index contributed by atoms with van der Waals surface area (Å²) in [5.74, 6) is -3.41. The molecule has 1 aromatic heterocycles. The molecule has 0 bridgehead atoms. The van der Waals surface area contributed by atoms with E-state index in [2.05, 4.69) is 5.10 Å². The maximum atomic E-state index is 13.7. The van der Waals surface area contributed by atoms with Gasteiger partial charge in [0.05, 0.1) is 11.3 Å². The smallest absolute Gasteiger partial charge is 0.161 e. The Bertz CT molecular complexity index is 672. The molecule has 3 nitrogen and oxygen atoms in total. The van der Waals surface area contributed by atoms with E-state index in [4.69, 9.17) is 0 Å². The molecule has 0 N–H and O–H groups in total. The van der Waals surface area contributed by atoms with Crippen LogP contribution < -0.4 is 0 Å². The van der Waals surface area contributed by atoms with Crippen molar-refractivity contribution in [2.75, 3.05) is 0 Å². The molecule has 0 aliphatic rings.